The van der Waals surface area contributed by atoms with E-state index in [0.717, 1.165) is 0 Å². The van der Waals surface area contributed by atoms with E-state index in [1.165, 1.54) is 7.11 Å². The Labute approximate surface area is 135 Å². The number of rotatable bonds is 6. The van der Waals surface area contributed by atoms with E-state index < -0.39 is 5.97 Å². The van der Waals surface area contributed by atoms with Gasteiger partial charge in [0.15, 0.2) is 0 Å². The van der Waals surface area contributed by atoms with Gasteiger partial charge in [0.2, 0.25) is 0 Å². The van der Waals surface area contributed by atoms with Gasteiger partial charge in [-0.15, -0.1) is 0 Å². The van der Waals surface area contributed by atoms with Gasteiger partial charge in [0, 0.05) is 17.2 Å². The third-order valence-electron chi connectivity index (χ3n) is 3.30. The highest BCUT2D eigenvalue weighted by atomic mass is 16.5. The molecule has 0 atom stereocenters. The Kier molecular flexibility index (Phi) is 5.11. The number of methoxy groups -OCH3 is 2. The molecule has 0 saturated carbocycles. The Morgan fingerprint density at radius 1 is 1.04 bits per heavy atom. The normalized spacial score (nSPS) is 10.5. The molecule has 2 rings (SSSR count). The van der Waals surface area contributed by atoms with Crippen LogP contribution in [0.25, 0.3) is 11.1 Å². The molecule has 0 aliphatic carbocycles. The van der Waals surface area contributed by atoms with Gasteiger partial charge in [-0.1, -0.05) is 6.07 Å². The standard InChI is InChI=1S/C18H20O5/c1-11(2)23-15-7-5-6-14(18(19)20)17(15)13-9-8-12(21-3)10-16(13)22-4/h5-11H,1-4H3,(H,19,20). The summed E-state index contributed by atoms with van der Waals surface area (Å²) in [5.74, 6) is 0.631. The first-order valence-electron chi connectivity index (χ1n) is 7.23. The molecular formula is C18H20O5. The van der Waals surface area contributed by atoms with E-state index >= 15 is 0 Å². The van der Waals surface area contributed by atoms with Gasteiger partial charge in [0.05, 0.1) is 25.9 Å². The lowest BCUT2D eigenvalue weighted by Gasteiger charge is -2.18. The molecule has 0 aliphatic heterocycles. The third kappa shape index (κ3) is 3.56. The fourth-order valence-corrected chi connectivity index (χ4v) is 2.34. The van der Waals surface area contributed by atoms with Crippen molar-refractivity contribution in [3.8, 4) is 28.4 Å². The molecule has 2 aromatic rings. The van der Waals surface area contributed by atoms with E-state index in [4.69, 9.17) is 14.2 Å². The number of aromatic carboxylic acids is 1. The second kappa shape index (κ2) is 7.05. The van der Waals surface area contributed by atoms with E-state index in [2.05, 4.69) is 0 Å². The summed E-state index contributed by atoms with van der Waals surface area (Å²) in [6.07, 6.45) is -0.0814. The minimum absolute atomic E-state index is 0.0814. The highest BCUT2D eigenvalue weighted by Gasteiger charge is 2.21. The van der Waals surface area contributed by atoms with Crippen molar-refractivity contribution < 1.29 is 24.1 Å². The number of hydrogen-bond acceptors (Lipinski definition) is 4. The Balaban J connectivity index is 2.72. The van der Waals surface area contributed by atoms with E-state index in [1.807, 2.05) is 13.8 Å². The van der Waals surface area contributed by atoms with Gasteiger partial charge in [0.25, 0.3) is 0 Å². The second-order valence-electron chi connectivity index (χ2n) is 5.22. The van der Waals surface area contributed by atoms with Crippen molar-refractivity contribution in [2.24, 2.45) is 0 Å². The molecule has 2 aromatic carbocycles. The molecule has 0 spiro atoms. The molecule has 0 fully saturated rings. The van der Waals surface area contributed by atoms with Gasteiger partial charge in [-0.2, -0.15) is 0 Å². The van der Waals surface area contributed by atoms with Crippen LogP contribution >= 0.6 is 0 Å². The van der Waals surface area contributed by atoms with Crippen molar-refractivity contribution in [2.75, 3.05) is 14.2 Å². The largest absolute Gasteiger partial charge is 0.497 e. The minimum atomic E-state index is -1.02. The fraction of sp³-hybridized carbons (Fsp3) is 0.278. The van der Waals surface area contributed by atoms with E-state index in [1.54, 1.807) is 43.5 Å². The zero-order valence-electron chi connectivity index (χ0n) is 13.6. The van der Waals surface area contributed by atoms with Gasteiger partial charge in [0.1, 0.15) is 17.2 Å². The maximum absolute atomic E-state index is 11.6. The van der Waals surface area contributed by atoms with Crippen molar-refractivity contribution in [1.29, 1.82) is 0 Å². The molecule has 0 aliphatic rings. The summed E-state index contributed by atoms with van der Waals surface area (Å²) in [5.41, 5.74) is 1.29. The van der Waals surface area contributed by atoms with Gasteiger partial charge in [-0.3, -0.25) is 0 Å². The Bertz CT molecular complexity index is 707. The van der Waals surface area contributed by atoms with Crippen LogP contribution in [0.5, 0.6) is 17.2 Å². The molecule has 0 aromatic heterocycles. The molecule has 0 unspecified atom stereocenters. The number of carbonyl (C=O) groups is 1. The molecule has 1 N–H and O–H groups in total. The molecule has 5 nitrogen and oxygen atoms in total. The highest BCUT2D eigenvalue weighted by molar-refractivity contribution is 5.99. The fourth-order valence-electron chi connectivity index (χ4n) is 2.34. The van der Waals surface area contributed by atoms with Crippen LogP contribution in [0.3, 0.4) is 0 Å². The Morgan fingerprint density at radius 2 is 1.78 bits per heavy atom. The van der Waals surface area contributed by atoms with Gasteiger partial charge in [-0.25, -0.2) is 4.79 Å². The highest BCUT2D eigenvalue weighted by Crippen LogP contribution is 2.41. The van der Waals surface area contributed by atoms with E-state index in [9.17, 15) is 9.90 Å². The average Bonchev–Trinajstić information content (AvgIpc) is 2.53. The van der Waals surface area contributed by atoms with Crippen LogP contribution in [0.4, 0.5) is 0 Å². The first-order chi connectivity index (χ1) is 11.0. The lowest BCUT2D eigenvalue weighted by Crippen LogP contribution is -2.09. The van der Waals surface area contributed by atoms with Crippen LogP contribution in [0, 0.1) is 0 Å². The summed E-state index contributed by atoms with van der Waals surface area (Å²) in [7, 11) is 3.09. The molecule has 122 valence electrons. The van der Waals surface area contributed by atoms with Crippen molar-refractivity contribution in [3.63, 3.8) is 0 Å². The summed E-state index contributed by atoms with van der Waals surface area (Å²) in [6, 6.07) is 10.2. The van der Waals surface area contributed by atoms with Crippen molar-refractivity contribution >= 4 is 5.97 Å². The van der Waals surface area contributed by atoms with Crippen LogP contribution in [0.2, 0.25) is 0 Å². The molecule has 0 bridgehead atoms. The summed E-state index contributed by atoms with van der Waals surface area (Å²) in [4.78, 5) is 11.6. The Hall–Kier alpha value is -2.69. The monoisotopic (exact) mass is 316 g/mol. The molecule has 0 radical (unpaired) electrons. The summed E-state index contributed by atoms with van der Waals surface area (Å²) >= 11 is 0. The first kappa shape index (κ1) is 16.7. The minimum Gasteiger partial charge on any atom is -0.497 e. The number of benzene rings is 2. The predicted octanol–water partition coefficient (Wildman–Crippen LogP) is 3.86. The van der Waals surface area contributed by atoms with Crippen LogP contribution in [0.15, 0.2) is 36.4 Å². The first-order valence-corrected chi connectivity index (χ1v) is 7.23. The van der Waals surface area contributed by atoms with Gasteiger partial charge < -0.3 is 19.3 Å². The average molecular weight is 316 g/mol. The zero-order chi connectivity index (χ0) is 17.0. The molecular weight excluding hydrogens is 296 g/mol. The molecule has 5 heteroatoms. The van der Waals surface area contributed by atoms with E-state index in [0.29, 0.717) is 28.4 Å². The lowest BCUT2D eigenvalue weighted by molar-refractivity contribution is 0.0697. The summed E-state index contributed by atoms with van der Waals surface area (Å²) in [5, 5.41) is 9.53. The number of carboxylic acids is 1. The molecule has 0 amide bonds. The van der Waals surface area contributed by atoms with Gasteiger partial charge >= 0.3 is 5.97 Å². The maximum Gasteiger partial charge on any atom is 0.336 e. The van der Waals surface area contributed by atoms with Crippen LogP contribution in [-0.4, -0.2) is 31.4 Å². The molecule has 0 heterocycles. The summed E-state index contributed by atoms with van der Waals surface area (Å²) in [6.45, 7) is 3.78. The SMILES string of the molecule is COc1ccc(-c2c(OC(C)C)cccc2C(=O)O)c(OC)c1. The van der Waals surface area contributed by atoms with Crippen molar-refractivity contribution in [3.05, 3.63) is 42.0 Å². The third-order valence-corrected chi connectivity index (χ3v) is 3.30. The van der Waals surface area contributed by atoms with Crippen molar-refractivity contribution in [1.82, 2.24) is 0 Å². The van der Waals surface area contributed by atoms with E-state index in [-0.39, 0.29) is 11.7 Å². The van der Waals surface area contributed by atoms with Crippen LogP contribution in [0.1, 0.15) is 24.2 Å². The maximum atomic E-state index is 11.6. The van der Waals surface area contributed by atoms with Crippen molar-refractivity contribution in [2.45, 2.75) is 20.0 Å². The number of ether oxygens (including phenoxy) is 3. The summed E-state index contributed by atoms with van der Waals surface area (Å²) < 4.78 is 16.4. The number of hydrogen-bond donors (Lipinski definition) is 1. The molecule has 23 heavy (non-hydrogen) atoms. The predicted molar refractivity (Wildman–Crippen MR) is 87.7 cm³/mol. The topological polar surface area (TPSA) is 65.0 Å². The van der Waals surface area contributed by atoms with Gasteiger partial charge in [-0.05, 0) is 38.1 Å². The molecule has 0 saturated heterocycles. The smallest absolute Gasteiger partial charge is 0.336 e. The second-order valence-corrected chi connectivity index (χ2v) is 5.22. The number of carboxylic acid groups (broad SMARTS) is 1. The lowest BCUT2D eigenvalue weighted by atomic mass is 9.97. The van der Waals surface area contributed by atoms with Crippen LogP contribution in [-0.2, 0) is 0 Å². The quantitative estimate of drug-likeness (QED) is 0.876. The zero-order valence-corrected chi connectivity index (χ0v) is 13.6. The Morgan fingerprint density at radius 3 is 2.35 bits per heavy atom. The van der Waals surface area contributed by atoms with Crippen LogP contribution < -0.4 is 14.2 Å².